The summed E-state index contributed by atoms with van der Waals surface area (Å²) < 4.78 is 4.90. The molecule has 0 aliphatic carbocycles. The molecule has 0 unspecified atom stereocenters. The van der Waals surface area contributed by atoms with E-state index in [2.05, 4.69) is 4.84 Å². The molecule has 1 rings (SSSR count). The Kier molecular flexibility index (Phi) is 2.51. The molecular weight excluding hydrogens is 134 g/mol. The molecule has 0 aliphatic heterocycles. The van der Waals surface area contributed by atoms with Gasteiger partial charge in [0.05, 0.1) is 6.26 Å². The summed E-state index contributed by atoms with van der Waals surface area (Å²) >= 11 is 0. The zero-order valence-electron chi connectivity index (χ0n) is 5.24. The number of carbonyl (C=O) groups is 1. The number of rotatable bonds is 4. The molecule has 0 aliphatic rings. The lowest BCUT2D eigenvalue weighted by molar-refractivity contribution is -0.121. The zero-order valence-corrected chi connectivity index (χ0v) is 5.24. The Morgan fingerprint density at radius 1 is 1.80 bits per heavy atom. The molecule has 10 heavy (non-hydrogen) atoms. The lowest BCUT2D eigenvalue weighted by Gasteiger charge is -1.95. The van der Waals surface area contributed by atoms with Crippen molar-refractivity contribution < 1.29 is 14.0 Å². The van der Waals surface area contributed by atoms with Crippen LogP contribution in [0.1, 0.15) is 5.76 Å². The van der Waals surface area contributed by atoms with Crippen molar-refractivity contribution in [1.29, 1.82) is 0 Å². The van der Waals surface area contributed by atoms with Gasteiger partial charge in [-0.1, -0.05) is 0 Å². The van der Waals surface area contributed by atoms with Gasteiger partial charge in [0.1, 0.15) is 12.4 Å². The Balaban J connectivity index is 2.21. The Morgan fingerprint density at radius 2 is 2.70 bits per heavy atom. The lowest BCUT2D eigenvalue weighted by atomic mass is 10.5. The van der Waals surface area contributed by atoms with E-state index in [1.54, 1.807) is 18.4 Å². The van der Waals surface area contributed by atoms with Crippen LogP contribution in [0.15, 0.2) is 22.8 Å². The molecule has 4 nitrogen and oxygen atoms in total. The summed E-state index contributed by atoms with van der Waals surface area (Å²) in [7, 11) is 0. The van der Waals surface area contributed by atoms with Crippen LogP contribution in [0.4, 0.5) is 0 Å². The van der Waals surface area contributed by atoms with Crippen LogP contribution in [0.5, 0.6) is 0 Å². The fourth-order valence-corrected chi connectivity index (χ4v) is 0.542. The Hall–Kier alpha value is -1.29. The first-order chi connectivity index (χ1) is 4.93. The number of nitrogens with one attached hydrogen (secondary N) is 1. The van der Waals surface area contributed by atoms with Gasteiger partial charge in [0.2, 0.25) is 6.41 Å². The summed E-state index contributed by atoms with van der Waals surface area (Å²) in [6.07, 6.45) is 2.00. The second kappa shape index (κ2) is 3.68. The first kappa shape index (κ1) is 6.82. The molecule has 1 aromatic heterocycles. The van der Waals surface area contributed by atoms with Crippen LogP contribution in [0.3, 0.4) is 0 Å². The smallest absolute Gasteiger partial charge is 0.230 e. The van der Waals surface area contributed by atoms with E-state index in [1.807, 2.05) is 5.48 Å². The van der Waals surface area contributed by atoms with E-state index in [1.165, 1.54) is 0 Å². The van der Waals surface area contributed by atoms with Gasteiger partial charge in [-0.2, -0.15) is 0 Å². The summed E-state index contributed by atoms with van der Waals surface area (Å²) in [6, 6.07) is 3.51. The molecule has 1 amide bonds. The molecule has 0 saturated heterocycles. The van der Waals surface area contributed by atoms with E-state index in [0.29, 0.717) is 12.2 Å². The molecule has 0 atom stereocenters. The third kappa shape index (κ3) is 1.91. The lowest BCUT2D eigenvalue weighted by Crippen LogP contribution is -2.10. The number of carbonyl (C=O) groups excluding carboxylic acids is 1. The zero-order chi connectivity index (χ0) is 7.23. The molecule has 0 saturated carbocycles. The molecule has 1 heterocycles. The summed E-state index contributed by atoms with van der Waals surface area (Å²) in [6.45, 7) is 0.256. The minimum Gasteiger partial charge on any atom is -0.467 e. The van der Waals surface area contributed by atoms with E-state index >= 15 is 0 Å². The molecule has 54 valence electrons. The number of hydrogen-bond donors (Lipinski definition) is 1. The van der Waals surface area contributed by atoms with Crippen LogP contribution in [-0.2, 0) is 16.2 Å². The molecular formula is C6H7NO3. The number of hydroxylamine groups is 1. The van der Waals surface area contributed by atoms with Crippen LogP contribution in [0, 0.1) is 0 Å². The first-order valence-corrected chi connectivity index (χ1v) is 2.77. The quantitative estimate of drug-likeness (QED) is 0.376. The van der Waals surface area contributed by atoms with Crippen LogP contribution >= 0.6 is 0 Å². The predicted octanol–water partition coefficient (Wildman–Crippen LogP) is 0.457. The van der Waals surface area contributed by atoms with Gasteiger partial charge in [-0.15, -0.1) is 0 Å². The van der Waals surface area contributed by atoms with E-state index in [9.17, 15) is 4.79 Å². The molecule has 0 fully saturated rings. The van der Waals surface area contributed by atoms with Crippen LogP contribution in [0.2, 0.25) is 0 Å². The molecule has 0 bridgehead atoms. The minimum atomic E-state index is 0.256. The van der Waals surface area contributed by atoms with Gasteiger partial charge in [-0.05, 0) is 12.1 Å². The van der Waals surface area contributed by atoms with Gasteiger partial charge in [-0.25, -0.2) is 5.48 Å². The molecule has 1 aromatic rings. The molecule has 0 aromatic carbocycles. The number of amides is 1. The van der Waals surface area contributed by atoms with Gasteiger partial charge in [0.15, 0.2) is 0 Å². The summed E-state index contributed by atoms with van der Waals surface area (Å²) in [5, 5.41) is 0. The highest BCUT2D eigenvalue weighted by Gasteiger charge is 1.92. The maximum absolute atomic E-state index is 9.67. The number of furan rings is 1. The monoisotopic (exact) mass is 141 g/mol. The Labute approximate surface area is 57.7 Å². The fraction of sp³-hybridized carbons (Fsp3) is 0.167. The largest absolute Gasteiger partial charge is 0.467 e. The minimum absolute atomic E-state index is 0.256. The third-order valence-corrected chi connectivity index (χ3v) is 0.926. The molecule has 0 radical (unpaired) electrons. The van der Waals surface area contributed by atoms with Crippen LogP contribution in [-0.4, -0.2) is 6.41 Å². The summed E-state index contributed by atoms with van der Waals surface area (Å²) in [4.78, 5) is 14.3. The highest BCUT2D eigenvalue weighted by Crippen LogP contribution is 1.99. The van der Waals surface area contributed by atoms with Crippen molar-refractivity contribution in [2.75, 3.05) is 0 Å². The van der Waals surface area contributed by atoms with Gasteiger partial charge >= 0.3 is 0 Å². The van der Waals surface area contributed by atoms with Gasteiger partial charge in [-0.3, -0.25) is 9.63 Å². The van der Waals surface area contributed by atoms with Crippen molar-refractivity contribution >= 4 is 6.41 Å². The maximum atomic E-state index is 9.67. The standard InChI is InChI=1S/C6H7NO3/c8-5-7-10-4-6-2-1-3-9-6/h1-3,5H,4H2,(H,7,8). The maximum Gasteiger partial charge on any atom is 0.230 e. The Bertz CT molecular complexity index is 183. The average molecular weight is 141 g/mol. The molecule has 0 spiro atoms. The average Bonchev–Trinajstić information content (AvgIpc) is 2.41. The van der Waals surface area contributed by atoms with E-state index < -0.39 is 0 Å². The first-order valence-electron chi connectivity index (χ1n) is 2.77. The van der Waals surface area contributed by atoms with Crippen LogP contribution in [0.25, 0.3) is 0 Å². The highest BCUT2D eigenvalue weighted by molar-refractivity contribution is 5.43. The third-order valence-electron chi connectivity index (χ3n) is 0.926. The highest BCUT2D eigenvalue weighted by atomic mass is 16.7. The van der Waals surface area contributed by atoms with Crippen molar-refractivity contribution in [3.8, 4) is 0 Å². The predicted molar refractivity (Wildman–Crippen MR) is 32.7 cm³/mol. The van der Waals surface area contributed by atoms with Crippen molar-refractivity contribution in [3.05, 3.63) is 24.2 Å². The SMILES string of the molecule is O=CNOCc1ccco1. The van der Waals surface area contributed by atoms with E-state index in [4.69, 9.17) is 4.42 Å². The van der Waals surface area contributed by atoms with E-state index in [-0.39, 0.29) is 6.61 Å². The Morgan fingerprint density at radius 3 is 3.30 bits per heavy atom. The molecule has 1 N–H and O–H groups in total. The summed E-state index contributed by atoms with van der Waals surface area (Å²) in [5.74, 6) is 0.675. The second-order valence-electron chi connectivity index (χ2n) is 1.60. The van der Waals surface area contributed by atoms with E-state index in [0.717, 1.165) is 0 Å². The fourth-order valence-electron chi connectivity index (χ4n) is 0.542. The summed E-state index contributed by atoms with van der Waals surface area (Å²) in [5.41, 5.74) is 2.05. The van der Waals surface area contributed by atoms with Gasteiger partial charge < -0.3 is 4.42 Å². The van der Waals surface area contributed by atoms with Gasteiger partial charge in [0.25, 0.3) is 0 Å². The van der Waals surface area contributed by atoms with Crippen molar-refractivity contribution in [2.45, 2.75) is 6.61 Å². The van der Waals surface area contributed by atoms with Crippen LogP contribution < -0.4 is 5.48 Å². The van der Waals surface area contributed by atoms with Gasteiger partial charge in [0, 0.05) is 0 Å². The number of hydrogen-bond acceptors (Lipinski definition) is 3. The van der Waals surface area contributed by atoms with Crippen molar-refractivity contribution in [3.63, 3.8) is 0 Å². The molecule has 4 heteroatoms. The van der Waals surface area contributed by atoms with Crippen molar-refractivity contribution in [2.24, 2.45) is 0 Å². The second-order valence-corrected chi connectivity index (χ2v) is 1.60. The normalized spacial score (nSPS) is 9.20. The van der Waals surface area contributed by atoms with Crippen molar-refractivity contribution in [1.82, 2.24) is 5.48 Å². The topological polar surface area (TPSA) is 51.5 Å².